The maximum absolute atomic E-state index is 11.6. The van der Waals surface area contributed by atoms with Gasteiger partial charge in [0.1, 0.15) is 5.78 Å². The average molecular weight is 199 g/mol. The first-order chi connectivity index (χ1) is 6.74. The number of Topliss-reactive ketones (excluding diaryl/α,β-unsaturated/α-hetero) is 1. The fourth-order valence-electron chi connectivity index (χ4n) is 2.06. The van der Waals surface area contributed by atoms with E-state index in [4.69, 9.17) is 10.5 Å². The summed E-state index contributed by atoms with van der Waals surface area (Å²) in [5, 5.41) is 0. The molecular weight excluding hydrogens is 178 g/mol. The third kappa shape index (κ3) is 3.76. The van der Waals surface area contributed by atoms with Crippen LogP contribution in [0.2, 0.25) is 0 Å². The van der Waals surface area contributed by atoms with E-state index >= 15 is 0 Å². The summed E-state index contributed by atoms with van der Waals surface area (Å²) in [5.74, 6) is 0.824. The van der Waals surface area contributed by atoms with E-state index < -0.39 is 0 Å². The second kappa shape index (κ2) is 6.14. The smallest absolute Gasteiger partial charge is 0.149 e. The summed E-state index contributed by atoms with van der Waals surface area (Å²) < 4.78 is 4.90. The van der Waals surface area contributed by atoms with Gasteiger partial charge in [-0.1, -0.05) is 25.7 Å². The average Bonchev–Trinajstić information content (AvgIpc) is 2.66. The lowest BCUT2D eigenvalue weighted by atomic mass is 9.96. The van der Waals surface area contributed by atoms with Crippen molar-refractivity contribution in [2.45, 2.75) is 44.6 Å². The van der Waals surface area contributed by atoms with Crippen molar-refractivity contribution >= 4 is 5.78 Å². The van der Waals surface area contributed by atoms with Crippen LogP contribution in [0, 0.1) is 5.92 Å². The minimum atomic E-state index is -0.310. The van der Waals surface area contributed by atoms with Crippen molar-refractivity contribution in [3.8, 4) is 0 Å². The topological polar surface area (TPSA) is 52.3 Å². The van der Waals surface area contributed by atoms with Gasteiger partial charge in [0.15, 0.2) is 0 Å². The molecule has 0 bridgehead atoms. The molecule has 1 aliphatic rings. The molecule has 0 heterocycles. The number of carbonyl (C=O) groups excluding carboxylic acids is 1. The van der Waals surface area contributed by atoms with Crippen molar-refractivity contribution < 1.29 is 9.53 Å². The normalized spacial score (nSPS) is 19.9. The Hall–Kier alpha value is -0.410. The number of hydrogen-bond acceptors (Lipinski definition) is 3. The Bertz CT molecular complexity index is 176. The Balaban J connectivity index is 2.18. The second-order valence-corrected chi connectivity index (χ2v) is 4.21. The summed E-state index contributed by atoms with van der Waals surface area (Å²) in [5.41, 5.74) is 5.75. The van der Waals surface area contributed by atoms with Gasteiger partial charge in [-0.3, -0.25) is 4.79 Å². The summed E-state index contributed by atoms with van der Waals surface area (Å²) >= 11 is 0. The highest BCUT2D eigenvalue weighted by molar-refractivity contribution is 5.83. The molecule has 3 nitrogen and oxygen atoms in total. The molecule has 2 N–H and O–H groups in total. The minimum absolute atomic E-state index is 0.217. The largest absolute Gasteiger partial charge is 0.385 e. The van der Waals surface area contributed by atoms with Gasteiger partial charge < -0.3 is 10.5 Å². The van der Waals surface area contributed by atoms with Crippen LogP contribution >= 0.6 is 0 Å². The molecule has 0 radical (unpaired) electrons. The maximum atomic E-state index is 11.6. The highest BCUT2D eigenvalue weighted by Crippen LogP contribution is 2.27. The molecule has 0 saturated heterocycles. The zero-order valence-corrected chi connectivity index (χ0v) is 9.00. The van der Waals surface area contributed by atoms with Crippen LogP contribution in [-0.4, -0.2) is 25.5 Å². The summed E-state index contributed by atoms with van der Waals surface area (Å²) in [4.78, 5) is 11.6. The van der Waals surface area contributed by atoms with Crippen molar-refractivity contribution in [1.82, 2.24) is 0 Å². The predicted octanol–water partition coefficient (Wildman–Crippen LogP) is 1.50. The first kappa shape index (κ1) is 11.7. The van der Waals surface area contributed by atoms with Crippen molar-refractivity contribution in [1.29, 1.82) is 0 Å². The fraction of sp³-hybridized carbons (Fsp3) is 0.909. The van der Waals surface area contributed by atoms with Gasteiger partial charge in [-0.05, 0) is 12.3 Å². The lowest BCUT2D eigenvalue weighted by Crippen LogP contribution is -2.32. The van der Waals surface area contributed by atoms with E-state index in [-0.39, 0.29) is 11.8 Å². The fourth-order valence-corrected chi connectivity index (χ4v) is 2.06. The quantitative estimate of drug-likeness (QED) is 0.705. The van der Waals surface area contributed by atoms with E-state index in [0.717, 1.165) is 0 Å². The van der Waals surface area contributed by atoms with Crippen molar-refractivity contribution in [3.05, 3.63) is 0 Å². The van der Waals surface area contributed by atoms with Gasteiger partial charge >= 0.3 is 0 Å². The van der Waals surface area contributed by atoms with E-state index in [0.29, 0.717) is 25.4 Å². The summed E-state index contributed by atoms with van der Waals surface area (Å²) in [6, 6.07) is -0.310. The molecule has 1 unspecified atom stereocenters. The molecule has 1 saturated carbocycles. The number of carbonyl (C=O) groups is 1. The van der Waals surface area contributed by atoms with Crippen molar-refractivity contribution in [2.75, 3.05) is 13.7 Å². The van der Waals surface area contributed by atoms with Crippen LogP contribution in [-0.2, 0) is 9.53 Å². The van der Waals surface area contributed by atoms with Crippen LogP contribution in [0.25, 0.3) is 0 Å². The first-order valence-corrected chi connectivity index (χ1v) is 5.51. The Labute approximate surface area is 86.0 Å². The van der Waals surface area contributed by atoms with Crippen molar-refractivity contribution in [3.63, 3.8) is 0 Å². The minimum Gasteiger partial charge on any atom is -0.385 e. The summed E-state index contributed by atoms with van der Waals surface area (Å²) in [6.45, 7) is 0.581. The second-order valence-electron chi connectivity index (χ2n) is 4.21. The van der Waals surface area contributed by atoms with Crippen LogP contribution in [0.15, 0.2) is 0 Å². The molecule has 0 aliphatic heterocycles. The molecule has 0 aromatic rings. The zero-order chi connectivity index (χ0) is 10.4. The van der Waals surface area contributed by atoms with Gasteiger partial charge in [-0.2, -0.15) is 0 Å². The number of rotatable bonds is 6. The highest BCUT2D eigenvalue weighted by Gasteiger charge is 2.21. The first-order valence-electron chi connectivity index (χ1n) is 5.51. The number of methoxy groups -OCH3 is 1. The zero-order valence-electron chi connectivity index (χ0n) is 9.00. The molecule has 0 spiro atoms. The number of ether oxygens (including phenoxy) is 1. The molecule has 0 aromatic heterocycles. The third-order valence-electron chi connectivity index (χ3n) is 3.01. The maximum Gasteiger partial charge on any atom is 0.149 e. The number of nitrogens with two attached hydrogens (primary N) is 1. The Morgan fingerprint density at radius 3 is 2.71 bits per heavy atom. The van der Waals surface area contributed by atoms with E-state index in [1.54, 1.807) is 7.11 Å². The standard InChI is InChI=1S/C11H21NO2/c1-14-7-6-10(12)11(13)8-9-4-2-3-5-9/h9-10H,2-8,12H2,1H3. The van der Waals surface area contributed by atoms with Crippen LogP contribution < -0.4 is 5.73 Å². The van der Waals surface area contributed by atoms with Crippen LogP contribution in [0.5, 0.6) is 0 Å². The SMILES string of the molecule is COCCC(N)C(=O)CC1CCCC1. The van der Waals surface area contributed by atoms with E-state index in [1.165, 1.54) is 25.7 Å². The van der Waals surface area contributed by atoms with Gasteiger partial charge in [-0.15, -0.1) is 0 Å². The number of ketones is 1. The lowest BCUT2D eigenvalue weighted by Gasteiger charge is -2.13. The lowest BCUT2D eigenvalue weighted by molar-refractivity contribution is -0.121. The molecule has 0 aromatic carbocycles. The molecule has 14 heavy (non-hydrogen) atoms. The van der Waals surface area contributed by atoms with Crippen LogP contribution in [0.1, 0.15) is 38.5 Å². The van der Waals surface area contributed by atoms with Gasteiger partial charge in [0, 0.05) is 20.1 Å². The van der Waals surface area contributed by atoms with E-state index in [1.807, 2.05) is 0 Å². The summed E-state index contributed by atoms with van der Waals surface area (Å²) in [7, 11) is 1.63. The van der Waals surface area contributed by atoms with Gasteiger partial charge in [0.2, 0.25) is 0 Å². The van der Waals surface area contributed by atoms with E-state index in [2.05, 4.69) is 0 Å². The third-order valence-corrected chi connectivity index (χ3v) is 3.01. The number of hydrogen-bond donors (Lipinski definition) is 1. The Kier molecular flexibility index (Phi) is 5.12. The predicted molar refractivity (Wildman–Crippen MR) is 56.1 cm³/mol. The Morgan fingerprint density at radius 1 is 1.50 bits per heavy atom. The molecule has 0 amide bonds. The van der Waals surface area contributed by atoms with Crippen LogP contribution in [0.3, 0.4) is 0 Å². The highest BCUT2D eigenvalue weighted by atomic mass is 16.5. The molecule has 1 aliphatic carbocycles. The van der Waals surface area contributed by atoms with Gasteiger partial charge in [0.25, 0.3) is 0 Å². The monoisotopic (exact) mass is 199 g/mol. The molecule has 82 valence electrons. The molecule has 1 atom stereocenters. The Morgan fingerprint density at radius 2 is 2.14 bits per heavy atom. The molecule has 1 rings (SSSR count). The van der Waals surface area contributed by atoms with Gasteiger partial charge in [0.05, 0.1) is 6.04 Å². The van der Waals surface area contributed by atoms with Crippen LogP contribution in [0.4, 0.5) is 0 Å². The summed E-state index contributed by atoms with van der Waals surface area (Å²) in [6.07, 6.45) is 6.33. The van der Waals surface area contributed by atoms with Gasteiger partial charge in [-0.25, -0.2) is 0 Å². The van der Waals surface area contributed by atoms with E-state index in [9.17, 15) is 4.79 Å². The molecule has 1 fully saturated rings. The molecular formula is C11H21NO2. The van der Waals surface area contributed by atoms with Crippen molar-refractivity contribution in [2.24, 2.45) is 11.7 Å². The molecule has 3 heteroatoms.